The highest BCUT2D eigenvalue weighted by Gasteiger charge is 2.13. The van der Waals surface area contributed by atoms with E-state index in [4.69, 9.17) is 0 Å². The maximum absolute atomic E-state index is 9.50. The Kier molecular flexibility index (Phi) is 4.37. The Balaban J connectivity index is 3.56. The number of aliphatic hydroxyl groups is 1. The average Bonchev–Trinajstić information content (AvgIpc) is 1.89. The van der Waals surface area contributed by atoms with Crippen molar-refractivity contribution in [1.29, 1.82) is 0 Å². The molecule has 0 aliphatic rings. The SMILES string of the molecule is CC/C=C\CC(C)(O)CC. The van der Waals surface area contributed by atoms with E-state index in [-0.39, 0.29) is 0 Å². The van der Waals surface area contributed by atoms with Crippen LogP contribution in [0.4, 0.5) is 0 Å². The van der Waals surface area contributed by atoms with E-state index in [1.165, 1.54) is 0 Å². The standard InChI is InChI=1S/C9H18O/c1-4-6-7-8-9(3,10)5-2/h6-7,10H,4-5,8H2,1-3H3/b7-6-. The summed E-state index contributed by atoms with van der Waals surface area (Å²) in [5.41, 5.74) is -0.494. The van der Waals surface area contributed by atoms with Gasteiger partial charge in [0.05, 0.1) is 5.60 Å². The van der Waals surface area contributed by atoms with Crippen LogP contribution in [-0.4, -0.2) is 10.7 Å². The van der Waals surface area contributed by atoms with Gasteiger partial charge in [0.1, 0.15) is 0 Å². The molecule has 0 aliphatic carbocycles. The van der Waals surface area contributed by atoms with E-state index < -0.39 is 5.60 Å². The van der Waals surface area contributed by atoms with Gasteiger partial charge in [0.25, 0.3) is 0 Å². The lowest BCUT2D eigenvalue weighted by Gasteiger charge is -2.18. The second-order valence-electron chi connectivity index (χ2n) is 2.93. The summed E-state index contributed by atoms with van der Waals surface area (Å²) in [6.45, 7) is 5.96. The first kappa shape index (κ1) is 9.70. The van der Waals surface area contributed by atoms with Crippen LogP contribution in [0.5, 0.6) is 0 Å². The molecular formula is C9H18O. The third-order valence-corrected chi connectivity index (χ3v) is 1.72. The van der Waals surface area contributed by atoms with Crippen molar-refractivity contribution in [2.45, 2.75) is 45.6 Å². The van der Waals surface area contributed by atoms with Crippen molar-refractivity contribution in [3.63, 3.8) is 0 Å². The summed E-state index contributed by atoms with van der Waals surface area (Å²) in [6.07, 6.45) is 6.78. The average molecular weight is 142 g/mol. The Hall–Kier alpha value is -0.300. The van der Waals surface area contributed by atoms with Gasteiger partial charge in [-0.1, -0.05) is 26.0 Å². The highest BCUT2D eigenvalue weighted by molar-refractivity contribution is 4.87. The molecule has 0 aromatic carbocycles. The molecule has 0 saturated carbocycles. The van der Waals surface area contributed by atoms with Crippen LogP contribution in [0.15, 0.2) is 12.2 Å². The molecule has 10 heavy (non-hydrogen) atoms. The van der Waals surface area contributed by atoms with E-state index in [0.29, 0.717) is 0 Å². The molecule has 0 aliphatic heterocycles. The van der Waals surface area contributed by atoms with Gasteiger partial charge in [-0.15, -0.1) is 0 Å². The molecule has 60 valence electrons. The Morgan fingerprint density at radius 2 is 1.90 bits per heavy atom. The Bertz CT molecular complexity index is 103. The van der Waals surface area contributed by atoms with E-state index in [1.807, 2.05) is 19.9 Å². The van der Waals surface area contributed by atoms with Crippen molar-refractivity contribution in [2.75, 3.05) is 0 Å². The van der Waals surface area contributed by atoms with Crippen LogP contribution in [0, 0.1) is 0 Å². The smallest absolute Gasteiger partial charge is 0.0651 e. The molecule has 1 unspecified atom stereocenters. The molecule has 0 radical (unpaired) electrons. The summed E-state index contributed by atoms with van der Waals surface area (Å²) in [4.78, 5) is 0. The zero-order chi connectivity index (χ0) is 8.04. The molecule has 0 aromatic heterocycles. The van der Waals surface area contributed by atoms with Crippen LogP contribution in [-0.2, 0) is 0 Å². The molecule has 1 N–H and O–H groups in total. The van der Waals surface area contributed by atoms with Gasteiger partial charge in [0.15, 0.2) is 0 Å². The number of hydrogen-bond acceptors (Lipinski definition) is 1. The zero-order valence-electron chi connectivity index (χ0n) is 7.22. The summed E-state index contributed by atoms with van der Waals surface area (Å²) in [5.74, 6) is 0. The molecule has 0 bridgehead atoms. The lowest BCUT2D eigenvalue weighted by Crippen LogP contribution is -2.20. The maximum atomic E-state index is 9.50. The van der Waals surface area contributed by atoms with Crippen molar-refractivity contribution in [2.24, 2.45) is 0 Å². The number of allylic oxidation sites excluding steroid dienone is 1. The first-order valence-electron chi connectivity index (χ1n) is 3.99. The van der Waals surface area contributed by atoms with Crippen LogP contribution in [0.25, 0.3) is 0 Å². The second kappa shape index (κ2) is 4.51. The van der Waals surface area contributed by atoms with Crippen LogP contribution in [0.1, 0.15) is 40.0 Å². The minimum atomic E-state index is -0.494. The van der Waals surface area contributed by atoms with Crippen molar-refractivity contribution < 1.29 is 5.11 Å². The zero-order valence-corrected chi connectivity index (χ0v) is 7.22. The molecule has 0 saturated heterocycles. The van der Waals surface area contributed by atoms with Gasteiger partial charge >= 0.3 is 0 Å². The predicted molar refractivity (Wildman–Crippen MR) is 45.0 cm³/mol. The summed E-state index contributed by atoms with van der Waals surface area (Å²) >= 11 is 0. The van der Waals surface area contributed by atoms with Crippen molar-refractivity contribution in [1.82, 2.24) is 0 Å². The molecule has 1 atom stereocenters. The largest absolute Gasteiger partial charge is 0.390 e. The number of hydrogen-bond donors (Lipinski definition) is 1. The first-order valence-corrected chi connectivity index (χ1v) is 3.99. The summed E-state index contributed by atoms with van der Waals surface area (Å²) < 4.78 is 0. The summed E-state index contributed by atoms with van der Waals surface area (Å²) in [5, 5.41) is 9.50. The fraction of sp³-hybridized carbons (Fsp3) is 0.778. The molecule has 0 rings (SSSR count). The predicted octanol–water partition coefficient (Wildman–Crippen LogP) is 2.50. The Labute approximate surface area is 63.8 Å². The van der Waals surface area contributed by atoms with Gasteiger partial charge in [0.2, 0.25) is 0 Å². The van der Waals surface area contributed by atoms with E-state index >= 15 is 0 Å². The molecule has 0 amide bonds. The quantitative estimate of drug-likeness (QED) is 0.598. The molecular weight excluding hydrogens is 124 g/mol. The highest BCUT2D eigenvalue weighted by atomic mass is 16.3. The van der Waals surface area contributed by atoms with Crippen LogP contribution in [0.2, 0.25) is 0 Å². The Morgan fingerprint density at radius 1 is 1.30 bits per heavy atom. The molecule has 1 heteroatoms. The molecule has 0 fully saturated rings. The van der Waals surface area contributed by atoms with Crippen molar-refractivity contribution in [3.8, 4) is 0 Å². The highest BCUT2D eigenvalue weighted by Crippen LogP contribution is 2.13. The molecule has 0 aromatic rings. The van der Waals surface area contributed by atoms with E-state index in [0.717, 1.165) is 19.3 Å². The monoisotopic (exact) mass is 142 g/mol. The van der Waals surface area contributed by atoms with E-state index in [9.17, 15) is 5.11 Å². The number of rotatable bonds is 4. The van der Waals surface area contributed by atoms with E-state index in [2.05, 4.69) is 13.0 Å². The minimum Gasteiger partial charge on any atom is -0.390 e. The van der Waals surface area contributed by atoms with Gasteiger partial charge in [-0.25, -0.2) is 0 Å². The molecule has 0 heterocycles. The summed E-state index contributed by atoms with van der Waals surface area (Å²) in [6, 6.07) is 0. The van der Waals surface area contributed by atoms with Gasteiger partial charge in [-0.05, 0) is 26.2 Å². The van der Waals surface area contributed by atoms with Crippen molar-refractivity contribution >= 4 is 0 Å². The Morgan fingerprint density at radius 3 is 2.30 bits per heavy atom. The van der Waals surface area contributed by atoms with Gasteiger partial charge < -0.3 is 5.11 Å². The summed E-state index contributed by atoms with van der Waals surface area (Å²) in [7, 11) is 0. The van der Waals surface area contributed by atoms with Gasteiger partial charge in [0, 0.05) is 0 Å². The fourth-order valence-electron chi connectivity index (χ4n) is 0.648. The van der Waals surface area contributed by atoms with Gasteiger partial charge in [-0.2, -0.15) is 0 Å². The third-order valence-electron chi connectivity index (χ3n) is 1.72. The third kappa shape index (κ3) is 4.57. The van der Waals surface area contributed by atoms with Gasteiger partial charge in [-0.3, -0.25) is 0 Å². The van der Waals surface area contributed by atoms with Crippen LogP contribution < -0.4 is 0 Å². The first-order chi connectivity index (χ1) is 4.62. The maximum Gasteiger partial charge on any atom is 0.0651 e. The lowest BCUT2D eigenvalue weighted by atomic mass is 9.99. The second-order valence-corrected chi connectivity index (χ2v) is 2.93. The van der Waals surface area contributed by atoms with Crippen LogP contribution >= 0.6 is 0 Å². The van der Waals surface area contributed by atoms with Crippen molar-refractivity contribution in [3.05, 3.63) is 12.2 Å². The minimum absolute atomic E-state index is 0.494. The fourth-order valence-corrected chi connectivity index (χ4v) is 0.648. The normalized spacial score (nSPS) is 17.6. The molecule has 0 spiro atoms. The lowest BCUT2D eigenvalue weighted by molar-refractivity contribution is 0.0592. The topological polar surface area (TPSA) is 20.2 Å². The van der Waals surface area contributed by atoms with E-state index in [1.54, 1.807) is 0 Å². The van der Waals surface area contributed by atoms with Crippen LogP contribution in [0.3, 0.4) is 0 Å². The molecule has 1 nitrogen and oxygen atoms in total.